The van der Waals surface area contributed by atoms with Gasteiger partial charge in [0.1, 0.15) is 10.7 Å². The van der Waals surface area contributed by atoms with Gasteiger partial charge in [-0.1, -0.05) is 17.8 Å². The highest BCUT2D eigenvalue weighted by Crippen LogP contribution is 2.33. The van der Waals surface area contributed by atoms with E-state index >= 15 is 0 Å². The number of benzene rings is 1. The van der Waals surface area contributed by atoms with Gasteiger partial charge in [-0.05, 0) is 75.2 Å². The van der Waals surface area contributed by atoms with Gasteiger partial charge in [0.25, 0.3) is 5.91 Å². The van der Waals surface area contributed by atoms with E-state index in [0.29, 0.717) is 17.5 Å². The van der Waals surface area contributed by atoms with E-state index in [4.69, 9.17) is 0 Å². The number of hydrogen-bond donors (Lipinski definition) is 1. The van der Waals surface area contributed by atoms with Crippen molar-refractivity contribution in [2.24, 2.45) is 5.92 Å². The normalized spacial score (nSPS) is 26.3. The molecule has 1 aromatic heterocycles. The Morgan fingerprint density at radius 3 is 2.45 bits per heavy atom. The molecule has 8 heteroatoms. The number of nitrogens with one attached hydrogen (secondary N) is 1. The monoisotopic (exact) mass is 421 g/mol. The lowest BCUT2D eigenvalue weighted by Crippen LogP contribution is -2.62. The number of alkyl halides is 3. The summed E-state index contributed by atoms with van der Waals surface area (Å²) in [6, 6.07) is 11.2. The van der Waals surface area contributed by atoms with E-state index < -0.39 is 11.9 Å². The van der Waals surface area contributed by atoms with Crippen molar-refractivity contribution >= 4 is 17.7 Å². The van der Waals surface area contributed by atoms with Crippen molar-refractivity contribution < 1.29 is 18.0 Å². The fraction of sp³-hybridized carbons (Fsp3) is 0.429. The molecule has 3 aliphatic heterocycles. The van der Waals surface area contributed by atoms with Crippen LogP contribution in [0, 0.1) is 5.92 Å². The molecule has 2 atom stereocenters. The zero-order chi connectivity index (χ0) is 20.6. The standard InChI is InChI=1S/C21H22F3N3OS/c1-13-19(14-9-11-27(13)12-10-14)26-20(28)15-5-7-16(8-6-15)29-18-4-2-3-17(25-18)21(22,23)24/h2-8,13-14,19H,9-12H2,1H3,(H,26,28)/t13-,19-/m0/s1. The van der Waals surface area contributed by atoms with Gasteiger partial charge in [0.15, 0.2) is 0 Å². The van der Waals surface area contributed by atoms with Crippen LogP contribution in [0.4, 0.5) is 13.2 Å². The van der Waals surface area contributed by atoms with Crippen LogP contribution in [0.25, 0.3) is 0 Å². The Balaban J connectivity index is 1.41. The number of carbonyl (C=O) groups is 1. The summed E-state index contributed by atoms with van der Waals surface area (Å²) in [5.41, 5.74) is -0.361. The average molecular weight is 421 g/mol. The van der Waals surface area contributed by atoms with E-state index in [2.05, 4.69) is 22.1 Å². The van der Waals surface area contributed by atoms with Crippen LogP contribution in [-0.2, 0) is 6.18 Å². The third-order valence-electron chi connectivity index (χ3n) is 5.83. The number of aromatic nitrogens is 1. The third-order valence-corrected chi connectivity index (χ3v) is 6.77. The first-order valence-corrected chi connectivity index (χ1v) is 10.5. The van der Waals surface area contributed by atoms with Crippen LogP contribution in [0.3, 0.4) is 0 Å². The summed E-state index contributed by atoms with van der Waals surface area (Å²) in [5.74, 6) is 0.421. The second-order valence-electron chi connectivity index (χ2n) is 7.60. The summed E-state index contributed by atoms with van der Waals surface area (Å²) in [4.78, 5) is 19.5. The number of pyridine rings is 1. The molecule has 0 radical (unpaired) electrons. The molecule has 3 aliphatic rings. The maximum atomic E-state index is 12.8. The van der Waals surface area contributed by atoms with Gasteiger partial charge in [-0.25, -0.2) is 4.98 Å². The van der Waals surface area contributed by atoms with Crippen LogP contribution in [0.5, 0.6) is 0 Å². The Hall–Kier alpha value is -2.06. The second-order valence-corrected chi connectivity index (χ2v) is 8.69. The minimum atomic E-state index is -4.47. The molecule has 4 nitrogen and oxygen atoms in total. The summed E-state index contributed by atoms with van der Waals surface area (Å²) >= 11 is 1.13. The summed E-state index contributed by atoms with van der Waals surface area (Å²) in [6.07, 6.45) is -2.23. The zero-order valence-corrected chi connectivity index (χ0v) is 16.8. The Labute approximate surface area is 171 Å². The molecule has 1 aromatic carbocycles. The number of hydrogen-bond acceptors (Lipinski definition) is 4. The Kier molecular flexibility index (Phi) is 5.57. The van der Waals surface area contributed by atoms with Crippen LogP contribution in [0.15, 0.2) is 52.4 Å². The molecule has 154 valence electrons. The molecule has 0 aliphatic carbocycles. The first-order valence-electron chi connectivity index (χ1n) is 9.68. The maximum Gasteiger partial charge on any atom is 0.433 e. The molecule has 0 unspecified atom stereocenters. The average Bonchev–Trinajstić information content (AvgIpc) is 2.71. The van der Waals surface area contributed by atoms with Crippen molar-refractivity contribution in [3.05, 3.63) is 53.7 Å². The van der Waals surface area contributed by atoms with Crippen LogP contribution in [0.1, 0.15) is 35.8 Å². The number of amides is 1. The van der Waals surface area contributed by atoms with E-state index in [0.717, 1.165) is 48.7 Å². The van der Waals surface area contributed by atoms with E-state index in [-0.39, 0.29) is 17.0 Å². The van der Waals surface area contributed by atoms with Crippen LogP contribution < -0.4 is 5.32 Å². The first kappa shape index (κ1) is 20.2. The first-order chi connectivity index (χ1) is 13.8. The van der Waals surface area contributed by atoms with E-state index in [1.807, 2.05) is 0 Å². The number of piperidine rings is 3. The molecule has 1 amide bonds. The summed E-state index contributed by atoms with van der Waals surface area (Å²) in [5, 5.41) is 3.45. The highest BCUT2D eigenvalue weighted by atomic mass is 32.2. The van der Waals surface area contributed by atoms with E-state index in [1.54, 1.807) is 24.3 Å². The fourth-order valence-corrected chi connectivity index (χ4v) is 5.01. The van der Waals surface area contributed by atoms with Crippen molar-refractivity contribution in [1.82, 2.24) is 15.2 Å². The van der Waals surface area contributed by atoms with Crippen LogP contribution in [-0.4, -0.2) is 41.0 Å². The van der Waals surface area contributed by atoms with Gasteiger partial charge in [-0.2, -0.15) is 13.2 Å². The Morgan fingerprint density at radius 1 is 1.14 bits per heavy atom. The number of nitrogens with zero attached hydrogens (tertiary/aromatic N) is 2. The molecule has 5 rings (SSSR count). The second kappa shape index (κ2) is 7.99. The third kappa shape index (κ3) is 4.43. The Bertz CT molecular complexity index is 877. The predicted molar refractivity (Wildman–Crippen MR) is 105 cm³/mol. The van der Waals surface area contributed by atoms with Crippen molar-refractivity contribution in [2.45, 2.75) is 47.9 Å². The quantitative estimate of drug-likeness (QED) is 0.792. The lowest BCUT2D eigenvalue weighted by molar-refractivity contribution is -0.141. The minimum Gasteiger partial charge on any atom is -0.347 e. The molecule has 2 bridgehead atoms. The molecule has 2 aromatic rings. The predicted octanol–water partition coefficient (Wildman–Crippen LogP) is 4.46. The number of carbonyl (C=O) groups excluding carboxylic acids is 1. The highest BCUT2D eigenvalue weighted by molar-refractivity contribution is 7.99. The van der Waals surface area contributed by atoms with Gasteiger partial charge < -0.3 is 5.32 Å². The van der Waals surface area contributed by atoms with Crippen LogP contribution in [0.2, 0.25) is 0 Å². The van der Waals surface area contributed by atoms with Crippen molar-refractivity contribution in [3.8, 4) is 0 Å². The van der Waals surface area contributed by atoms with Crippen LogP contribution >= 0.6 is 11.8 Å². The number of rotatable bonds is 4. The summed E-state index contributed by atoms with van der Waals surface area (Å²) in [6.45, 7) is 4.37. The Morgan fingerprint density at radius 2 is 1.83 bits per heavy atom. The van der Waals surface area contributed by atoms with Gasteiger partial charge >= 0.3 is 6.18 Å². The van der Waals surface area contributed by atoms with Gasteiger partial charge in [0.05, 0.1) is 0 Å². The van der Waals surface area contributed by atoms with Crippen molar-refractivity contribution in [1.29, 1.82) is 0 Å². The van der Waals surface area contributed by atoms with Gasteiger partial charge in [-0.15, -0.1) is 0 Å². The smallest absolute Gasteiger partial charge is 0.347 e. The fourth-order valence-electron chi connectivity index (χ4n) is 4.20. The largest absolute Gasteiger partial charge is 0.433 e. The van der Waals surface area contributed by atoms with Gasteiger partial charge in [0.2, 0.25) is 0 Å². The number of halogens is 3. The molecule has 29 heavy (non-hydrogen) atoms. The topological polar surface area (TPSA) is 45.2 Å². The SMILES string of the molecule is C[C@H]1[C@H](NC(=O)c2ccc(Sc3cccc(C(F)(F)F)n3)cc2)C2CCN1CC2. The molecule has 0 saturated carbocycles. The summed E-state index contributed by atoms with van der Waals surface area (Å²) in [7, 11) is 0. The molecule has 3 fully saturated rings. The molecule has 1 N–H and O–H groups in total. The summed E-state index contributed by atoms with van der Waals surface area (Å²) < 4.78 is 38.4. The lowest BCUT2D eigenvalue weighted by atomic mass is 9.79. The molecular formula is C21H22F3N3OS. The van der Waals surface area contributed by atoms with Crippen molar-refractivity contribution in [3.63, 3.8) is 0 Å². The molecule has 4 heterocycles. The van der Waals surface area contributed by atoms with Crippen molar-refractivity contribution in [2.75, 3.05) is 13.1 Å². The number of fused-ring (bicyclic) bond motifs is 3. The van der Waals surface area contributed by atoms with E-state index in [1.165, 1.54) is 12.1 Å². The molecule has 0 spiro atoms. The highest BCUT2D eigenvalue weighted by Gasteiger charge is 2.40. The van der Waals surface area contributed by atoms with Gasteiger partial charge in [-0.3, -0.25) is 9.69 Å². The maximum absolute atomic E-state index is 12.8. The molecular weight excluding hydrogens is 399 g/mol. The van der Waals surface area contributed by atoms with Gasteiger partial charge in [0, 0.05) is 22.5 Å². The van der Waals surface area contributed by atoms with E-state index in [9.17, 15) is 18.0 Å². The zero-order valence-electron chi connectivity index (χ0n) is 15.9. The lowest BCUT2D eigenvalue weighted by Gasteiger charge is -2.49. The minimum absolute atomic E-state index is 0.107. The molecule has 3 saturated heterocycles.